The number of phenols is 1. The van der Waals surface area contributed by atoms with Crippen LogP contribution < -0.4 is 5.32 Å². The summed E-state index contributed by atoms with van der Waals surface area (Å²) in [5, 5.41) is 31.1. The average molecular weight is 530 g/mol. The van der Waals surface area contributed by atoms with Crippen LogP contribution in [-0.4, -0.2) is 51.8 Å². The first-order valence-corrected chi connectivity index (χ1v) is 10.8. The fourth-order valence-electron chi connectivity index (χ4n) is 2.78. The van der Waals surface area contributed by atoms with E-state index < -0.39 is 0 Å². The predicted octanol–water partition coefficient (Wildman–Crippen LogP) is 3.70. The second-order valence-corrected chi connectivity index (χ2v) is 8.90. The van der Waals surface area contributed by atoms with Crippen LogP contribution in [0.25, 0.3) is 11.6 Å². The van der Waals surface area contributed by atoms with Crippen LogP contribution in [0.15, 0.2) is 44.2 Å². The van der Waals surface area contributed by atoms with Crippen LogP contribution in [0.3, 0.4) is 0 Å². The number of amides is 1. The molecule has 2 aromatic carbocycles. The van der Waals surface area contributed by atoms with Crippen LogP contribution in [0.2, 0.25) is 0 Å². The number of benzene rings is 2. The van der Waals surface area contributed by atoms with Crippen LogP contribution >= 0.6 is 43.8 Å². The molecule has 0 radical (unpaired) electrons. The van der Waals surface area contributed by atoms with Crippen molar-refractivity contribution < 1.29 is 20.1 Å². The lowest BCUT2D eigenvalue weighted by Crippen LogP contribution is -2.23. The second-order valence-electron chi connectivity index (χ2n) is 6.02. The monoisotopic (exact) mass is 528 g/mol. The third-order valence-corrected chi connectivity index (χ3v) is 6.35. The highest BCUT2D eigenvalue weighted by molar-refractivity contribution is 9.11. The molecule has 0 bridgehead atoms. The van der Waals surface area contributed by atoms with Crippen molar-refractivity contribution in [3.8, 4) is 5.75 Å². The predicted molar refractivity (Wildman–Crippen MR) is 118 cm³/mol. The molecule has 1 aliphatic rings. The maximum absolute atomic E-state index is 12.5. The highest BCUT2D eigenvalue weighted by Gasteiger charge is 2.25. The van der Waals surface area contributed by atoms with Crippen molar-refractivity contribution >= 4 is 67.1 Å². The van der Waals surface area contributed by atoms with Crippen molar-refractivity contribution in [1.82, 2.24) is 4.31 Å². The van der Waals surface area contributed by atoms with Crippen molar-refractivity contribution in [3.05, 3.63) is 50.4 Å². The van der Waals surface area contributed by atoms with Gasteiger partial charge in [-0.1, -0.05) is 0 Å². The molecule has 2 aromatic rings. The lowest BCUT2D eigenvalue weighted by atomic mass is 10.0. The molecule has 1 heterocycles. The quantitative estimate of drug-likeness (QED) is 0.323. The fourth-order valence-corrected chi connectivity index (χ4v) is 4.94. The first kappa shape index (κ1) is 21.4. The van der Waals surface area contributed by atoms with Crippen molar-refractivity contribution in [2.75, 3.05) is 31.6 Å². The van der Waals surface area contributed by atoms with Crippen LogP contribution in [0.4, 0.5) is 5.69 Å². The van der Waals surface area contributed by atoms with E-state index in [1.54, 1.807) is 18.2 Å². The molecule has 3 rings (SSSR count). The van der Waals surface area contributed by atoms with Crippen molar-refractivity contribution in [2.45, 2.75) is 4.90 Å². The molecule has 4 N–H and O–H groups in total. The minimum Gasteiger partial charge on any atom is -0.506 e. The minimum atomic E-state index is -0.194. The lowest BCUT2D eigenvalue weighted by Gasteiger charge is -2.19. The van der Waals surface area contributed by atoms with Gasteiger partial charge in [0.1, 0.15) is 5.75 Å². The summed E-state index contributed by atoms with van der Waals surface area (Å²) in [7, 11) is 0. The highest BCUT2D eigenvalue weighted by Crippen LogP contribution is 2.38. The number of carbonyl (C=O) groups is 1. The molecule has 0 unspecified atom stereocenters. The first-order valence-electron chi connectivity index (χ1n) is 8.43. The largest absolute Gasteiger partial charge is 0.506 e. The van der Waals surface area contributed by atoms with E-state index in [-0.39, 0.29) is 24.9 Å². The van der Waals surface area contributed by atoms with Gasteiger partial charge in [0.15, 0.2) is 0 Å². The Morgan fingerprint density at radius 1 is 1.07 bits per heavy atom. The Morgan fingerprint density at radius 3 is 2.32 bits per heavy atom. The Morgan fingerprint density at radius 2 is 1.71 bits per heavy atom. The minimum absolute atomic E-state index is 0.00621. The molecule has 28 heavy (non-hydrogen) atoms. The zero-order valence-electron chi connectivity index (χ0n) is 14.7. The molecular formula is C19H18Br2N2O4S. The highest BCUT2D eigenvalue weighted by atomic mass is 79.9. The van der Waals surface area contributed by atoms with Crippen molar-refractivity contribution in [3.63, 3.8) is 0 Å². The Bertz CT molecular complexity index is 907. The van der Waals surface area contributed by atoms with E-state index in [9.17, 15) is 20.1 Å². The van der Waals surface area contributed by atoms with E-state index in [0.29, 0.717) is 27.6 Å². The molecule has 0 aromatic heterocycles. The van der Waals surface area contributed by atoms with Gasteiger partial charge in [-0.3, -0.25) is 4.79 Å². The third-order valence-electron chi connectivity index (χ3n) is 4.06. The molecular weight excluding hydrogens is 512 g/mol. The smallest absolute Gasteiger partial charge is 0.256 e. The van der Waals surface area contributed by atoms with Gasteiger partial charge in [-0.2, -0.15) is 0 Å². The zero-order valence-corrected chi connectivity index (χ0v) is 18.6. The molecule has 0 atom stereocenters. The fraction of sp³-hybridized carbons (Fsp3) is 0.211. The lowest BCUT2D eigenvalue weighted by molar-refractivity contribution is -0.110. The van der Waals surface area contributed by atoms with Gasteiger partial charge in [-0.15, -0.1) is 0 Å². The number of rotatable bonds is 7. The Balaban J connectivity index is 1.94. The van der Waals surface area contributed by atoms with Gasteiger partial charge in [-0.05, 0) is 85.8 Å². The number of carbonyl (C=O) groups excluding carboxylic acids is 1. The van der Waals surface area contributed by atoms with E-state index in [1.807, 2.05) is 22.5 Å². The Hall–Kier alpha value is -1.36. The van der Waals surface area contributed by atoms with Crippen LogP contribution in [-0.2, 0) is 4.79 Å². The SMILES string of the molecule is O=C1Nc2ccc(SN(CCO)CCO)cc2/C1=C/c1cc(Br)c(O)c(Br)c1. The van der Waals surface area contributed by atoms with Gasteiger partial charge < -0.3 is 20.6 Å². The van der Waals surface area contributed by atoms with E-state index >= 15 is 0 Å². The summed E-state index contributed by atoms with van der Waals surface area (Å²) < 4.78 is 2.92. The molecule has 0 spiro atoms. The first-order chi connectivity index (χ1) is 13.4. The van der Waals surface area contributed by atoms with Crippen molar-refractivity contribution in [2.24, 2.45) is 0 Å². The Kier molecular flexibility index (Phi) is 7.19. The van der Waals surface area contributed by atoms with Gasteiger partial charge in [0.05, 0.1) is 22.2 Å². The summed E-state index contributed by atoms with van der Waals surface area (Å²) in [5.74, 6) is -0.0926. The van der Waals surface area contributed by atoms with Crippen LogP contribution in [0.5, 0.6) is 5.75 Å². The second kappa shape index (κ2) is 9.43. The average Bonchev–Trinajstić information content (AvgIpc) is 2.95. The molecule has 0 fully saturated rings. The van der Waals surface area contributed by atoms with E-state index in [4.69, 9.17) is 0 Å². The van der Waals surface area contributed by atoms with E-state index in [0.717, 1.165) is 21.7 Å². The number of aliphatic hydroxyl groups excluding tert-OH is 2. The van der Waals surface area contributed by atoms with Crippen LogP contribution in [0, 0.1) is 0 Å². The van der Waals surface area contributed by atoms with E-state index in [2.05, 4.69) is 37.2 Å². The number of aromatic hydroxyl groups is 1. The molecule has 0 aliphatic carbocycles. The number of phenolic OH excluding ortho intramolecular Hbond substituents is 1. The molecule has 148 valence electrons. The third kappa shape index (κ3) is 4.79. The number of nitrogens with zero attached hydrogens (tertiary/aromatic N) is 1. The zero-order chi connectivity index (χ0) is 20.3. The van der Waals surface area contributed by atoms with Gasteiger partial charge >= 0.3 is 0 Å². The summed E-state index contributed by atoms with van der Waals surface area (Å²) in [6.07, 6.45) is 1.77. The molecule has 0 saturated carbocycles. The number of aliphatic hydroxyl groups is 2. The summed E-state index contributed by atoms with van der Waals surface area (Å²) >= 11 is 8.02. The van der Waals surface area contributed by atoms with Gasteiger partial charge in [0.25, 0.3) is 5.91 Å². The Labute approximate surface area is 183 Å². The maximum atomic E-state index is 12.5. The number of anilines is 1. The summed E-state index contributed by atoms with van der Waals surface area (Å²) in [6, 6.07) is 9.12. The molecule has 1 aliphatic heterocycles. The van der Waals surface area contributed by atoms with Crippen LogP contribution in [0.1, 0.15) is 11.1 Å². The van der Waals surface area contributed by atoms with Gasteiger partial charge in [-0.25, -0.2) is 4.31 Å². The maximum Gasteiger partial charge on any atom is 0.256 e. The van der Waals surface area contributed by atoms with Gasteiger partial charge in [0, 0.05) is 34.8 Å². The standard InChI is InChI=1S/C19H18Br2N2O4S/c20-15-8-11(9-16(21)18(15)26)7-14-13-10-12(1-2-17(13)22-19(14)27)28-23(3-5-24)4-6-25/h1-2,7-10,24-26H,3-6H2,(H,22,27)/b14-7-. The summed E-state index contributed by atoms with van der Waals surface area (Å²) in [5.41, 5.74) is 2.80. The number of hydrogen-bond donors (Lipinski definition) is 4. The van der Waals surface area contributed by atoms with Crippen molar-refractivity contribution in [1.29, 1.82) is 0 Å². The molecule has 0 saturated heterocycles. The molecule has 9 heteroatoms. The topological polar surface area (TPSA) is 93.0 Å². The number of halogens is 2. The molecule has 1 amide bonds. The number of fused-ring (bicyclic) bond motifs is 1. The summed E-state index contributed by atoms with van der Waals surface area (Å²) in [4.78, 5) is 13.4. The van der Waals surface area contributed by atoms with Gasteiger partial charge in [0.2, 0.25) is 0 Å². The van der Waals surface area contributed by atoms with E-state index in [1.165, 1.54) is 11.9 Å². The number of nitrogens with one attached hydrogen (secondary N) is 1. The number of hydrogen-bond acceptors (Lipinski definition) is 6. The summed E-state index contributed by atoms with van der Waals surface area (Å²) in [6.45, 7) is 0.844. The molecule has 6 nitrogen and oxygen atoms in total. The normalized spacial score (nSPS) is 14.6.